The number of hydrogen-bond donors (Lipinski definition) is 2. The number of alkyl halides is 3. The number of hydrazone groups is 1. The molecule has 6 nitrogen and oxygen atoms in total. The third kappa shape index (κ3) is 5.74. The van der Waals surface area contributed by atoms with Crippen molar-refractivity contribution >= 4 is 46.9 Å². The first kappa shape index (κ1) is 24.3. The molecule has 3 rings (SSSR count). The second-order valence-corrected chi connectivity index (χ2v) is 7.81. The van der Waals surface area contributed by atoms with Crippen molar-refractivity contribution in [2.45, 2.75) is 20.0 Å². The van der Waals surface area contributed by atoms with Crippen LogP contribution in [-0.4, -0.2) is 22.6 Å². The zero-order valence-corrected chi connectivity index (χ0v) is 18.8. The zero-order chi connectivity index (χ0) is 24.3. The summed E-state index contributed by atoms with van der Waals surface area (Å²) in [5, 5.41) is 6.71. The van der Waals surface area contributed by atoms with E-state index in [9.17, 15) is 22.8 Å². The molecule has 0 spiro atoms. The number of benzene rings is 2. The lowest BCUT2D eigenvalue weighted by atomic mass is 10.2. The highest BCUT2D eigenvalue weighted by atomic mass is 35.5. The van der Waals surface area contributed by atoms with Crippen LogP contribution in [0.15, 0.2) is 53.6 Å². The van der Waals surface area contributed by atoms with Gasteiger partial charge in [-0.1, -0.05) is 29.3 Å². The molecule has 0 atom stereocenters. The number of halogens is 5. The van der Waals surface area contributed by atoms with Gasteiger partial charge in [0.25, 0.3) is 0 Å². The summed E-state index contributed by atoms with van der Waals surface area (Å²) in [7, 11) is 0. The average Bonchev–Trinajstić information content (AvgIpc) is 3.02. The molecule has 2 N–H and O–H groups in total. The molecule has 172 valence electrons. The summed E-state index contributed by atoms with van der Waals surface area (Å²) in [5.41, 5.74) is 4.04. The zero-order valence-electron chi connectivity index (χ0n) is 17.3. The van der Waals surface area contributed by atoms with Crippen LogP contribution in [0.2, 0.25) is 10.0 Å². The van der Waals surface area contributed by atoms with Crippen LogP contribution in [0.25, 0.3) is 5.69 Å². The first-order valence-corrected chi connectivity index (χ1v) is 10.2. The summed E-state index contributed by atoms with van der Waals surface area (Å²) < 4.78 is 40.2. The maximum absolute atomic E-state index is 12.8. The Morgan fingerprint density at radius 2 is 1.73 bits per heavy atom. The van der Waals surface area contributed by atoms with E-state index < -0.39 is 23.6 Å². The lowest BCUT2D eigenvalue weighted by Crippen LogP contribution is -2.32. The second-order valence-electron chi connectivity index (χ2n) is 6.99. The SMILES string of the molecule is Cc1cc(/C=N\NC(=O)C(=O)Nc2cccc(C(F)(F)F)c2)c(C)n1-c1ccc(Cl)c(Cl)c1. The Morgan fingerprint density at radius 1 is 1.00 bits per heavy atom. The predicted octanol–water partition coefficient (Wildman–Crippen LogP) is 5.51. The summed E-state index contributed by atoms with van der Waals surface area (Å²) in [6, 6.07) is 10.9. The highest BCUT2D eigenvalue weighted by molar-refractivity contribution is 6.42. The number of hydrogen-bond acceptors (Lipinski definition) is 3. The van der Waals surface area contributed by atoms with Gasteiger partial charge in [-0.3, -0.25) is 9.59 Å². The molecule has 2 aromatic carbocycles. The van der Waals surface area contributed by atoms with Crippen LogP contribution in [0, 0.1) is 13.8 Å². The maximum atomic E-state index is 12.8. The van der Waals surface area contributed by atoms with Gasteiger partial charge in [0, 0.05) is 28.3 Å². The van der Waals surface area contributed by atoms with Gasteiger partial charge in [-0.05, 0) is 56.3 Å². The maximum Gasteiger partial charge on any atom is 0.416 e. The fourth-order valence-corrected chi connectivity index (χ4v) is 3.40. The van der Waals surface area contributed by atoms with E-state index in [1.54, 1.807) is 18.2 Å². The highest BCUT2D eigenvalue weighted by Gasteiger charge is 2.30. The van der Waals surface area contributed by atoms with Crippen LogP contribution in [-0.2, 0) is 15.8 Å². The number of anilines is 1. The highest BCUT2D eigenvalue weighted by Crippen LogP contribution is 2.30. The van der Waals surface area contributed by atoms with Crippen molar-refractivity contribution in [1.82, 2.24) is 9.99 Å². The molecule has 33 heavy (non-hydrogen) atoms. The Kier molecular flexibility index (Phi) is 7.14. The molecule has 0 bridgehead atoms. The normalized spacial score (nSPS) is 11.6. The first-order chi connectivity index (χ1) is 15.5. The van der Waals surface area contributed by atoms with Gasteiger partial charge in [0.15, 0.2) is 0 Å². The molecular weight excluding hydrogens is 480 g/mol. The van der Waals surface area contributed by atoms with E-state index in [2.05, 4.69) is 15.8 Å². The third-order valence-electron chi connectivity index (χ3n) is 4.66. The molecule has 2 amide bonds. The summed E-state index contributed by atoms with van der Waals surface area (Å²) in [5.74, 6) is -2.30. The number of nitrogens with one attached hydrogen (secondary N) is 2. The van der Waals surface area contributed by atoms with Crippen molar-refractivity contribution in [3.63, 3.8) is 0 Å². The van der Waals surface area contributed by atoms with Crippen LogP contribution in [0.3, 0.4) is 0 Å². The molecule has 0 aliphatic rings. The number of carbonyl (C=O) groups excluding carboxylic acids is 2. The van der Waals surface area contributed by atoms with E-state index >= 15 is 0 Å². The summed E-state index contributed by atoms with van der Waals surface area (Å²) in [6.07, 6.45) is -3.22. The molecule has 0 radical (unpaired) electrons. The Morgan fingerprint density at radius 3 is 2.39 bits per heavy atom. The molecule has 3 aromatic rings. The monoisotopic (exact) mass is 496 g/mol. The first-order valence-electron chi connectivity index (χ1n) is 9.43. The lowest BCUT2D eigenvalue weighted by Gasteiger charge is -2.10. The van der Waals surface area contributed by atoms with Gasteiger partial charge < -0.3 is 9.88 Å². The van der Waals surface area contributed by atoms with Crippen LogP contribution in [0.1, 0.15) is 22.5 Å². The van der Waals surface area contributed by atoms with Crippen molar-refractivity contribution in [2.24, 2.45) is 5.10 Å². The minimum Gasteiger partial charge on any atom is -0.318 e. The number of rotatable bonds is 4. The van der Waals surface area contributed by atoms with Crippen molar-refractivity contribution < 1.29 is 22.8 Å². The van der Waals surface area contributed by atoms with Crippen LogP contribution < -0.4 is 10.7 Å². The summed E-state index contributed by atoms with van der Waals surface area (Å²) in [4.78, 5) is 24.0. The topological polar surface area (TPSA) is 75.5 Å². The van der Waals surface area contributed by atoms with Crippen molar-refractivity contribution in [3.05, 3.63) is 81.1 Å². The van der Waals surface area contributed by atoms with Crippen LogP contribution >= 0.6 is 23.2 Å². The van der Waals surface area contributed by atoms with E-state index in [0.29, 0.717) is 15.6 Å². The van der Waals surface area contributed by atoms with Crippen molar-refractivity contribution in [2.75, 3.05) is 5.32 Å². The van der Waals surface area contributed by atoms with E-state index in [-0.39, 0.29) is 5.69 Å². The number of carbonyl (C=O) groups is 2. The fourth-order valence-electron chi connectivity index (χ4n) is 3.11. The summed E-state index contributed by atoms with van der Waals surface area (Å²) >= 11 is 12.1. The molecule has 0 aliphatic heterocycles. The molecule has 1 heterocycles. The molecule has 0 aliphatic carbocycles. The molecule has 1 aromatic heterocycles. The Hall–Kier alpha value is -3.30. The second kappa shape index (κ2) is 9.68. The molecule has 11 heteroatoms. The largest absolute Gasteiger partial charge is 0.416 e. The Labute approximate surface area is 197 Å². The van der Waals surface area contributed by atoms with Gasteiger partial charge in [-0.25, -0.2) is 5.43 Å². The van der Waals surface area contributed by atoms with Gasteiger partial charge >= 0.3 is 18.0 Å². The molecule has 0 unspecified atom stereocenters. The van der Waals surface area contributed by atoms with E-state index in [4.69, 9.17) is 23.2 Å². The van der Waals surface area contributed by atoms with Gasteiger partial charge in [0.05, 0.1) is 21.8 Å². The summed E-state index contributed by atoms with van der Waals surface area (Å²) in [6.45, 7) is 3.70. The van der Waals surface area contributed by atoms with E-state index in [1.807, 2.05) is 24.5 Å². The number of amides is 2. The van der Waals surface area contributed by atoms with Gasteiger partial charge in [-0.15, -0.1) is 0 Å². The quantitative estimate of drug-likeness (QED) is 0.284. The van der Waals surface area contributed by atoms with Gasteiger partial charge in [0.2, 0.25) is 0 Å². The standard InChI is InChI=1S/C22H17Cl2F3N4O2/c1-12-8-14(13(2)31(12)17-6-7-18(23)19(24)10-17)11-28-30-21(33)20(32)29-16-5-3-4-15(9-16)22(25,26)27/h3-11H,1-2H3,(H,29,32)(H,30,33)/b28-11-. The van der Waals surface area contributed by atoms with E-state index in [0.717, 1.165) is 35.3 Å². The lowest BCUT2D eigenvalue weighted by molar-refractivity contribution is -0.137. The van der Waals surface area contributed by atoms with Crippen LogP contribution in [0.5, 0.6) is 0 Å². The number of nitrogens with zero attached hydrogens (tertiary/aromatic N) is 2. The smallest absolute Gasteiger partial charge is 0.318 e. The molecule has 0 fully saturated rings. The molecule has 0 saturated heterocycles. The van der Waals surface area contributed by atoms with Crippen LogP contribution in [0.4, 0.5) is 18.9 Å². The molecule has 0 saturated carbocycles. The Balaban J connectivity index is 1.68. The third-order valence-corrected chi connectivity index (χ3v) is 5.39. The minimum absolute atomic E-state index is 0.167. The van der Waals surface area contributed by atoms with E-state index in [1.165, 1.54) is 12.3 Å². The van der Waals surface area contributed by atoms with Crippen molar-refractivity contribution in [3.8, 4) is 5.69 Å². The fraction of sp³-hybridized carbons (Fsp3) is 0.136. The number of aromatic nitrogens is 1. The van der Waals surface area contributed by atoms with Gasteiger partial charge in [0.1, 0.15) is 0 Å². The Bertz CT molecular complexity index is 1250. The average molecular weight is 497 g/mol. The predicted molar refractivity (Wildman–Crippen MR) is 121 cm³/mol. The van der Waals surface area contributed by atoms with Gasteiger partial charge in [-0.2, -0.15) is 18.3 Å². The minimum atomic E-state index is -4.57. The number of aryl methyl sites for hydroxylation is 1. The molecular formula is C22H17Cl2F3N4O2. The van der Waals surface area contributed by atoms with Crippen molar-refractivity contribution in [1.29, 1.82) is 0 Å².